The number of carbonyl (C=O) groups is 2. The molecule has 2 heterocycles. The van der Waals surface area contributed by atoms with E-state index in [-0.39, 0.29) is 17.4 Å². The lowest BCUT2D eigenvalue weighted by molar-refractivity contribution is 0.0954. The van der Waals surface area contributed by atoms with Crippen LogP contribution in [0.5, 0.6) is 0 Å². The second-order valence-corrected chi connectivity index (χ2v) is 8.30. The van der Waals surface area contributed by atoms with E-state index < -0.39 is 0 Å². The summed E-state index contributed by atoms with van der Waals surface area (Å²) < 4.78 is 4.97. The van der Waals surface area contributed by atoms with Crippen molar-refractivity contribution in [3.8, 4) is 0 Å². The molecule has 2 amide bonds. The Morgan fingerprint density at radius 2 is 2.15 bits per heavy atom. The number of ether oxygens (including phenoxy) is 1. The van der Waals surface area contributed by atoms with Crippen LogP contribution in [0.25, 0.3) is 0 Å². The molecule has 0 saturated carbocycles. The third-order valence-corrected chi connectivity index (χ3v) is 5.66. The van der Waals surface area contributed by atoms with E-state index in [1.54, 1.807) is 4.90 Å². The predicted molar refractivity (Wildman–Crippen MR) is 102 cm³/mol. The van der Waals surface area contributed by atoms with Crippen molar-refractivity contribution in [3.63, 3.8) is 0 Å². The molecule has 1 aromatic carbocycles. The van der Waals surface area contributed by atoms with Gasteiger partial charge >= 0.3 is 6.09 Å². The van der Waals surface area contributed by atoms with Crippen LogP contribution in [-0.4, -0.2) is 30.1 Å². The number of nitrogens with zero attached hydrogens (tertiary/aromatic N) is 2. The molecular formula is C19H23N3O3S. The molecular weight excluding hydrogens is 350 g/mol. The summed E-state index contributed by atoms with van der Waals surface area (Å²) in [7, 11) is 0. The fraction of sp³-hybridized carbons (Fsp3) is 0.421. The van der Waals surface area contributed by atoms with Gasteiger partial charge in [0, 0.05) is 17.6 Å². The van der Waals surface area contributed by atoms with Gasteiger partial charge in [0.2, 0.25) is 0 Å². The number of hydrogen-bond donors (Lipinski definition) is 1. The Morgan fingerprint density at radius 3 is 2.77 bits per heavy atom. The number of cyclic esters (lactones) is 1. The molecule has 0 unspecified atom stereocenters. The first kappa shape index (κ1) is 18.4. The van der Waals surface area contributed by atoms with E-state index in [2.05, 4.69) is 31.1 Å². The van der Waals surface area contributed by atoms with Crippen molar-refractivity contribution in [2.45, 2.75) is 39.7 Å². The number of aryl methyl sites for hydroxylation is 1. The number of carbonyl (C=O) groups excluding carboxylic acids is 2. The minimum Gasteiger partial charge on any atom is -0.447 e. The number of nitrogens with one attached hydrogen (secondary N) is 1. The fourth-order valence-electron chi connectivity index (χ4n) is 2.65. The van der Waals surface area contributed by atoms with E-state index in [0.29, 0.717) is 24.6 Å². The SMILES string of the molecule is Cc1nc(C(C)(C)C)sc1C(=O)NCc1cccc(N2CCOC2=O)c1. The Hall–Kier alpha value is -2.41. The summed E-state index contributed by atoms with van der Waals surface area (Å²) in [5.74, 6) is -0.124. The summed E-state index contributed by atoms with van der Waals surface area (Å²) in [6, 6.07) is 7.55. The second kappa shape index (κ2) is 7.07. The van der Waals surface area contributed by atoms with Crippen LogP contribution in [0.2, 0.25) is 0 Å². The molecule has 2 aromatic rings. The number of aromatic nitrogens is 1. The molecule has 1 fully saturated rings. The van der Waals surface area contributed by atoms with Gasteiger partial charge in [0.25, 0.3) is 5.91 Å². The van der Waals surface area contributed by atoms with Crippen LogP contribution in [0.4, 0.5) is 10.5 Å². The summed E-state index contributed by atoms with van der Waals surface area (Å²) >= 11 is 1.44. The average Bonchev–Trinajstić information content (AvgIpc) is 3.18. The van der Waals surface area contributed by atoms with E-state index >= 15 is 0 Å². The van der Waals surface area contributed by atoms with E-state index in [1.807, 2.05) is 31.2 Å². The maximum Gasteiger partial charge on any atom is 0.414 e. The van der Waals surface area contributed by atoms with Gasteiger partial charge in [-0.15, -0.1) is 11.3 Å². The second-order valence-electron chi connectivity index (χ2n) is 7.30. The van der Waals surface area contributed by atoms with Crippen molar-refractivity contribution in [2.75, 3.05) is 18.1 Å². The van der Waals surface area contributed by atoms with Gasteiger partial charge in [-0.2, -0.15) is 0 Å². The predicted octanol–water partition coefficient (Wildman–Crippen LogP) is 3.64. The molecule has 0 aliphatic carbocycles. The van der Waals surface area contributed by atoms with Crippen LogP contribution < -0.4 is 10.2 Å². The first-order valence-corrected chi connectivity index (χ1v) is 9.36. The molecule has 1 aliphatic heterocycles. The van der Waals surface area contributed by atoms with Gasteiger partial charge in [0.1, 0.15) is 11.5 Å². The van der Waals surface area contributed by atoms with Gasteiger partial charge in [-0.25, -0.2) is 9.78 Å². The van der Waals surface area contributed by atoms with Crippen LogP contribution in [0.3, 0.4) is 0 Å². The first-order valence-electron chi connectivity index (χ1n) is 8.55. The zero-order chi connectivity index (χ0) is 18.9. The third-order valence-electron chi connectivity index (χ3n) is 4.08. The van der Waals surface area contributed by atoms with Crippen molar-refractivity contribution in [1.29, 1.82) is 0 Å². The highest BCUT2D eigenvalue weighted by molar-refractivity contribution is 7.14. The van der Waals surface area contributed by atoms with Gasteiger partial charge in [-0.3, -0.25) is 9.69 Å². The normalized spacial score (nSPS) is 14.5. The van der Waals surface area contributed by atoms with Gasteiger partial charge in [0.05, 0.1) is 17.2 Å². The number of thiazole rings is 1. The number of rotatable bonds is 4. The topological polar surface area (TPSA) is 71.5 Å². The molecule has 1 N–H and O–H groups in total. The Balaban J connectivity index is 1.69. The van der Waals surface area contributed by atoms with Gasteiger partial charge in [-0.05, 0) is 24.6 Å². The highest BCUT2D eigenvalue weighted by Gasteiger charge is 2.24. The Kier molecular flexibility index (Phi) is 5.00. The van der Waals surface area contributed by atoms with Crippen LogP contribution in [0.1, 0.15) is 46.7 Å². The van der Waals surface area contributed by atoms with Crippen molar-refractivity contribution in [3.05, 3.63) is 45.4 Å². The Morgan fingerprint density at radius 1 is 1.38 bits per heavy atom. The van der Waals surface area contributed by atoms with E-state index in [9.17, 15) is 9.59 Å². The highest BCUT2D eigenvalue weighted by Crippen LogP contribution is 2.29. The molecule has 6 nitrogen and oxygen atoms in total. The van der Waals surface area contributed by atoms with E-state index in [1.165, 1.54) is 11.3 Å². The molecule has 1 aliphatic rings. The molecule has 0 bridgehead atoms. The quantitative estimate of drug-likeness (QED) is 0.888. The highest BCUT2D eigenvalue weighted by atomic mass is 32.1. The largest absolute Gasteiger partial charge is 0.447 e. The maximum absolute atomic E-state index is 12.5. The van der Waals surface area contributed by atoms with E-state index in [4.69, 9.17) is 4.74 Å². The summed E-state index contributed by atoms with van der Waals surface area (Å²) in [6.07, 6.45) is -0.332. The summed E-state index contributed by atoms with van der Waals surface area (Å²) in [4.78, 5) is 31.0. The molecule has 0 radical (unpaired) electrons. The minimum atomic E-state index is -0.332. The van der Waals surface area contributed by atoms with Gasteiger partial charge in [0.15, 0.2) is 0 Å². The number of anilines is 1. The minimum absolute atomic E-state index is 0.0768. The van der Waals surface area contributed by atoms with E-state index in [0.717, 1.165) is 22.0 Å². The lowest BCUT2D eigenvalue weighted by Crippen LogP contribution is -2.24. The monoisotopic (exact) mass is 373 g/mol. The molecule has 0 spiro atoms. The van der Waals surface area contributed by atoms with Crippen LogP contribution in [-0.2, 0) is 16.7 Å². The zero-order valence-corrected chi connectivity index (χ0v) is 16.3. The summed E-state index contributed by atoms with van der Waals surface area (Å²) in [6.45, 7) is 9.45. The summed E-state index contributed by atoms with van der Waals surface area (Å²) in [5, 5.41) is 3.90. The lowest BCUT2D eigenvalue weighted by atomic mass is 9.98. The maximum atomic E-state index is 12.5. The average molecular weight is 373 g/mol. The molecule has 138 valence electrons. The molecule has 26 heavy (non-hydrogen) atoms. The van der Waals surface area contributed by atoms with Crippen molar-refractivity contribution >= 4 is 29.0 Å². The smallest absolute Gasteiger partial charge is 0.414 e. The van der Waals surface area contributed by atoms with Crippen molar-refractivity contribution < 1.29 is 14.3 Å². The number of benzene rings is 1. The molecule has 0 atom stereocenters. The Labute approximate surface area is 157 Å². The third kappa shape index (κ3) is 3.88. The van der Waals surface area contributed by atoms with Gasteiger partial charge < -0.3 is 10.1 Å². The number of amides is 2. The Bertz CT molecular complexity index is 839. The van der Waals surface area contributed by atoms with Crippen molar-refractivity contribution in [2.24, 2.45) is 0 Å². The number of hydrogen-bond acceptors (Lipinski definition) is 5. The fourth-order valence-corrected chi connectivity index (χ4v) is 3.69. The summed E-state index contributed by atoms with van der Waals surface area (Å²) in [5.41, 5.74) is 2.38. The first-order chi connectivity index (χ1) is 12.3. The molecule has 1 saturated heterocycles. The van der Waals surface area contributed by atoms with Crippen LogP contribution in [0, 0.1) is 6.92 Å². The molecule has 1 aromatic heterocycles. The van der Waals surface area contributed by atoms with Gasteiger partial charge in [-0.1, -0.05) is 32.9 Å². The standard InChI is InChI=1S/C19H23N3O3S/c1-12-15(26-17(21-12)19(2,3)4)16(23)20-11-13-6-5-7-14(10-13)22-8-9-25-18(22)24/h5-7,10H,8-9,11H2,1-4H3,(H,20,23). The molecule has 7 heteroatoms. The molecule has 3 rings (SSSR count). The van der Waals surface area contributed by atoms with Crippen molar-refractivity contribution in [1.82, 2.24) is 10.3 Å². The lowest BCUT2D eigenvalue weighted by Gasteiger charge is -2.14. The van der Waals surface area contributed by atoms with Crippen LogP contribution >= 0.6 is 11.3 Å². The van der Waals surface area contributed by atoms with Crippen LogP contribution in [0.15, 0.2) is 24.3 Å². The zero-order valence-electron chi connectivity index (χ0n) is 15.5.